The summed E-state index contributed by atoms with van der Waals surface area (Å²) < 4.78 is 13.7. The van der Waals surface area contributed by atoms with Crippen molar-refractivity contribution in [2.45, 2.75) is 38.0 Å². The first kappa shape index (κ1) is 23.9. The minimum atomic E-state index is -0.341. The monoisotopic (exact) mass is 504 g/mol. The summed E-state index contributed by atoms with van der Waals surface area (Å²) in [6, 6.07) is 24.5. The van der Waals surface area contributed by atoms with Crippen molar-refractivity contribution in [3.05, 3.63) is 90.2 Å². The van der Waals surface area contributed by atoms with Gasteiger partial charge in [-0.3, -0.25) is 0 Å². The second-order valence-electron chi connectivity index (χ2n) is 9.92. The summed E-state index contributed by atoms with van der Waals surface area (Å²) in [7, 11) is 0. The Morgan fingerprint density at radius 2 is 1.53 bits per heavy atom. The summed E-state index contributed by atoms with van der Waals surface area (Å²) >= 11 is 0. The molecule has 2 aromatic heterocycles. The molecule has 0 saturated heterocycles. The Hall–Kier alpha value is -4.52. The van der Waals surface area contributed by atoms with E-state index < -0.39 is 0 Å². The maximum absolute atomic E-state index is 13.7. The zero-order valence-electron chi connectivity index (χ0n) is 21.0. The summed E-state index contributed by atoms with van der Waals surface area (Å²) in [6.07, 6.45) is 6.57. The van der Waals surface area contributed by atoms with Crippen molar-refractivity contribution in [2.24, 2.45) is 0 Å². The highest BCUT2D eigenvalue weighted by Crippen LogP contribution is 2.34. The number of benzene rings is 3. The first-order valence-corrected chi connectivity index (χ1v) is 13.0. The summed E-state index contributed by atoms with van der Waals surface area (Å²) in [4.78, 5) is 13.4. The normalized spacial score (nSPS) is 14.0. The van der Waals surface area contributed by atoms with Crippen LogP contribution in [0.15, 0.2) is 78.9 Å². The smallest absolute Gasteiger partial charge is 0.222 e. The van der Waals surface area contributed by atoms with Gasteiger partial charge < -0.3 is 16.8 Å². The molecular weight excluding hydrogens is 475 g/mol. The van der Waals surface area contributed by atoms with Crippen molar-refractivity contribution in [1.29, 1.82) is 0 Å². The summed E-state index contributed by atoms with van der Waals surface area (Å²) in [5.41, 5.74) is 19.1. The number of nitrogens with one attached hydrogen (secondary N) is 1. The largest absolute Gasteiger partial charge is 0.398 e. The molecular formula is C31H29FN6. The molecule has 5 N–H and O–H groups in total. The molecule has 1 saturated carbocycles. The predicted molar refractivity (Wildman–Crippen MR) is 153 cm³/mol. The molecule has 2 heterocycles. The van der Waals surface area contributed by atoms with E-state index in [0.29, 0.717) is 28.7 Å². The molecule has 6 rings (SSSR count). The van der Waals surface area contributed by atoms with Gasteiger partial charge in [-0.25, -0.2) is 14.4 Å². The summed E-state index contributed by atoms with van der Waals surface area (Å²) in [5, 5.41) is 4.10. The average molecular weight is 505 g/mol. The van der Waals surface area contributed by atoms with Crippen LogP contribution >= 0.6 is 0 Å². The predicted octanol–water partition coefficient (Wildman–Crippen LogP) is 7.45. The molecule has 1 aliphatic rings. The van der Waals surface area contributed by atoms with Crippen molar-refractivity contribution in [1.82, 2.24) is 15.0 Å². The van der Waals surface area contributed by atoms with E-state index in [1.807, 2.05) is 24.3 Å². The number of halogens is 1. The molecule has 38 heavy (non-hydrogen) atoms. The second kappa shape index (κ2) is 10.1. The molecule has 3 aromatic carbocycles. The summed E-state index contributed by atoms with van der Waals surface area (Å²) in [5.74, 6) is 0.924. The standard InChI is InChI=1S/C31H29FN6/c32-23-8-4-7-22(15-23)29-18-30(38-31(34)37-29)35-24-13-14-27-25(16-24)26(33)17-28(36-27)21-11-9-20(10-12-21)19-5-2-1-3-6-19/h4,7-19H,1-3,5-6H2,(H2,33,36)(H3,34,35,37,38). The molecule has 1 aliphatic carbocycles. The van der Waals surface area contributed by atoms with Crippen molar-refractivity contribution >= 4 is 34.0 Å². The number of nitrogen functional groups attached to an aromatic ring is 2. The maximum atomic E-state index is 13.7. The number of pyridine rings is 1. The Balaban J connectivity index is 1.26. The van der Waals surface area contributed by atoms with Gasteiger partial charge in [0.1, 0.15) is 11.6 Å². The Morgan fingerprint density at radius 3 is 2.32 bits per heavy atom. The van der Waals surface area contributed by atoms with Crippen LogP contribution in [-0.4, -0.2) is 15.0 Å². The zero-order valence-corrected chi connectivity index (χ0v) is 21.0. The molecule has 0 bridgehead atoms. The lowest BCUT2D eigenvalue weighted by Crippen LogP contribution is -2.04. The van der Waals surface area contributed by atoms with Crippen molar-refractivity contribution in [3.63, 3.8) is 0 Å². The number of aromatic nitrogens is 3. The Bertz CT molecular complexity index is 1610. The number of hydrogen-bond donors (Lipinski definition) is 3. The second-order valence-corrected chi connectivity index (χ2v) is 9.92. The van der Waals surface area contributed by atoms with Crippen molar-refractivity contribution in [2.75, 3.05) is 16.8 Å². The molecule has 1 fully saturated rings. The number of hydrogen-bond acceptors (Lipinski definition) is 6. The lowest BCUT2D eigenvalue weighted by molar-refractivity contribution is 0.443. The quantitative estimate of drug-likeness (QED) is 0.230. The minimum absolute atomic E-state index is 0.0929. The van der Waals surface area contributed by atoms with Crippen LogP contribution in [0, 0.1) is 5.82 Å². The van der Waals surface area contributed by atoms with E-state index >= 15 is 0 Å². The van der Waals surface area contributed by atoms with E-state index in [0.717, 1.165) is 27.8 Å². The molecule has 0 amide bonds. The third-order valence-corrected chi connectivity index (χ3v) is 7.26. The Kier molecular flexibility index (Phi) is 6.33. The van der Waals surface area contributed by atoms with Crippen LogP contribution < -0.4 is 16.8 Å². The Labute approximate surface area is 221 Å². The maximum Gasteiger partial charge on any atom is 0.222 e. The molecule has 0 aliphatic heterocycles. The van der Waals surface area contributed by atoms with E-state index in [9.17, 15) is 4.39 Å². The lowest BCUT2D eigenvalue weighted by atomic mass is 9.84. The highest BCUT2D eigenvalue weighted by molar-refractivity contribution is 5.95. The van der Waals surface area contributed by atoms with Crippen LogP contribution in [-0.2, 0) is 0 Å². The fourth-order valence-electron chi connectivity index (χ4n) is 5.31. The van der Waals surface area contributed by atoms with Crippen LogP contribution in [0.3, 0.4) is 0 Å². The van der Waals surface area contributed by atoms with Crippen LogP contribution in [0.1, 0.15) is 43.6 Å². The fourth-order valence-corrected chi connectivity index (χ4v) is 5.31. The van der Waals surface area contributed by atoms with E-state index in [-0.39, 0.29) is 11.8 Å². The van der Waals surface area contributed by atoms with E-state index in [4.69, 9.17) is 16.5 Å². The average Bonchev–Trinajstić information content (AvgIpc) is 2.93. The fraction of sp³-hybridized carbons (Fsp3) is 0.194. The highest BCUT2D eigenvalue weighted by Gasteiger charge is 2.16. The van der Waals surface area contributed by atoms with Gasteiger partial charge in [0.25, 0.3) is 0 Å². The van der Waals surface area contributed by atoms with E-state index in [1.54, 1.807) is 18.2 Å². The molecule has 7 heteroatoms. The van der Waals surface area contributed by atoms with E-state index in [1.165, 1.54) is 49.8 Å². The van der Waals surface area contributed by atoms with Crippen molar-refractivity contribution < 1.29 is 4.39 Å². The number of rotatable bonds is 5. The van der Waals surface area contributed by atoms with Gasteiger partial charge in [0, 0.05) is 34.0 Å². The summed E-state index contributed by atoms with van der Waals surface area (Å²) in [6.45, 7) is 0. The first-order valence-electron chi connectivity index (χ1n) is 13.0. The highest BCUT2D eigenvalue weighted by atomic mass is 19.1. The van der Waals surface area contributed by atoms with Gasteiger partial charge in [-0.2, -0.15) is 4.98 Å². The number of nitrogens with two attached hydrogens (primary N) is 2. The number of anilines is 4. The molecule has 190 valence electrons. The van der Waals surface area contributed by atoms with Gasteiger partial charge in [0.05, 0.1) is 16.9 Å². The molecule has 0 radical (unpaired) electrons. The first-order chi connectivity index (χ1) is 18.5. The lowest BCUT2D eigenvalue weighted by Gasteiger charge is -2.22. The molecule has 0 unspecified atom stereocenters. The zero-order chi connectivity index (χ0) is 26.1. The van der Waals surface area contributed by atoms with Crippen LogP contribution in [0.5, 0.6) is 0 Å². The van der Waals surface area contributed by atoms with Gasteiger partial charge in [-0.05, 0) is 60.7 Å². The minimum Gasteiger partial charge on any atom is -0.398 e. The SMILES string of the molecule is Nc1nc(Nc2ccc3nc(-c4ccc(C5CCCCC5)cc4)cc(N)c3c2)cc(-c2cccc(F)c2)n1. The van der Waals surface area contributed by atoms with Gasteiger partial charge in [-0.15, -0.1) is 0 Å². The third kappa shape index (κ3) is 5.00. The number of fused-ring (bicyclic) bond motifs is 1. The molecule has 5 aromatic rings. The van der Waals surface area contributed by atoms with Gasteiger partial charge in [0.15, 0.2) is 0 Å². The van der Waals surface area contributed by atoms with Gasteiger partial charge >= 0.3 is 0 Å². The van der Waals surface area contributed by atoms with E-state index in [2.05, 4.69) is 39.6 Å². The topological polar surface area (TPSA) is 103 Å². The molecule has 6 nitrogen and oxygen atoms in total. The molecule has 0 spiro atoms. The molecule has 0 atom stereocenters. The van der Waals surface area contributed by atoms with Crippen LogP contribution in [0.4, 0.5) is 27.5 Å². The van der Waals surface area contributed by atoms with Gasteiger partial charge in [-0.1, -0.05) is 55.7 Å². The van der Waals surface area contributed by atoms with Crippen molar-refractivity contribution in [3.8, 4) is 22.5 Å². The van der Waals surface area contributed by atoms with Crippen LogP contribution in [0.2, 0.25) is 0 Å². The number of nitrogens with zero attached hydrogens (tertiary/aromatic N) is 3. The van der Waals surface area contributed by atoms with Crippen LogP contribution in [0.25, 0.3) is 33.4 Å². The third-order valence-electron chi connectivity index (χ3n) is 7.26. The van der Waals surface area contributed by atoms with Gasteiger partial charge in [0.2, 0.25) is 5.95 Å². The Morgan fingerprint density at radius 1 is 0.737 bits per heavy atom.